The third-order valence-corrected chi connectivity index (χ3v) is 5.18. The molecule has 1 fully saturated rings. The van der Waals surface area contributed by atoms with Gasteiger partial charge < -0.3 is 10.4 Å². The highest BCUT2D eigenvalue weighted by atomic mass is 35.5. The molecule has 112 valence electrons. The topological polar surface area (TPSA) is 67.2 Å². The fourth-order valence-electron chi connectivity index (χ4n) is 3.36. The van der Waals surface area contributed by atoms with Crippen molar-refractivity contribution in [3.63, 3.8) is 0 Å². The second-order valence-corrected chi connectivity index (χ2v) is 5.99. The average Bonchev–Trinajstić information content (AvgIpc) is 2.94. The van der Waals surface area contributed by atoms with Crippen LogP contribution in [0.15, 0.2) is 0 Å². The summed E-state index contributed by atoms with van der Waals surface area (Å²) in [4.78, 5) is 11.6. The summed E-state index contributed by atoms with van der Waals surface area (Å²) in [6.45, 7) is 4.54. The molecule has 0 aromatic carbocycles. The Hall–Kier alpha value is -1.07. The normalized spacial score (nSPS) is 26.1. The zero-order valence-corrected chi connectivity index (χ0v) is 13.0. The quantitative estimate of drug-likeness (QED) is 0.876. The van der Waals surface area contributed by atoms with Gasteiger partial charge in [0.25, 0.3) is 0 Å². The number of hydrogen-bond acceptors (Lipinski definition) is 3. The van der Waals surface area contributed by atoms with E-state index in [1.807, 2.05) is 18.5 Å². The van der Waals surface area contributed by atoms with Gasteiger partial charge in [-0.3, -0.25) is 9.48 Å². The van der Waals surface area contributed by atoms with Crippen LogP contribution in [-0.4, -0.2) is 33.4 Å². The number of aromatic nitrogens is 2. The number of nitrogens with one attached hydrogen (secondary N) is 1. The van der Waals surface area contributed by atoms with Crippen LogP contribution in [-0.2, 0) is 11.3 Å². The van der Waals surface area contributed by atoms with Gasteiger partial charge in [-0.15, -0.1) is 0 Å². The fourth-order valence-corrected chi connectivity index (χ4v) is 3.49. The molecule has 1 aliphatic rings. The molecule has 2 rings (SSSR count). The third-order valence-electron chi connectivity index (χ3n) is 4.63. The molecule has 5 nitrogen and oxygen atoms in total. The summed E-state index contributed by atoms with van der Waals surface area (Å²) >= 11 is 6.14. The van der Waals surface area contributed by atoms with Crippen molar-refractivity contribution in [2.24, 2.45) is 5.92 Å². The van der Waals surface area contributed by atoms with Crippen molar-refractivity contribution in [2.45, 2.75) is 51.6 Å². The molecule has 2 N–H and O–H groups in total. The van der Waals surface area contributed by atoms with E-state index in [4.69, 9.17) is 11.6 Å². The number of hydrogen-bond donors (Lipinski definition) is 2. The summed E-state index contributed by atoms with van der Waals surface area (Å²) in [6.07, 6.45) is 3.39. The zero-order valence-electron chi connectivity index (χ0n) is 12.2. The van der Waals surface area contributed by atoms with Crippen LogP contribution >= 0.6 is 11.6 Å². The SMILES string of the molecule is CNC1(C(=O)O)CCCC1CCn1nc(C)c(Cl)c1C. The average molecular weight is 300 g/mol. The van der Waals surface area contributed by atoms with Crippen molar-refractivity contribution < 1.29 is 9.90 Å². The summed E-state index contributed by atoms with van der Waals surface area (Å²) in [5.41, 5.74) is 1.00. The molecule has 20 heavy (non-hydrogen) atoms. The molecule has 0 amide bonds. The van der Waals surface area contributed by atoms with Crippen molar-refractivity contribution in [1.29, 1.82) is 0 Å². The van der Waals surface area contributed by atoms with E-state index >= 15 is 0 Å². The van der Waals surface area contributed by atoms with Crippen LogP contribution in [0.25, 0.3) is 0 Å². The van der Waals surface area contributed by atoms with Gasteiger partial charge >= 0.3 is 5.97 Å². The van der Waals surface area contributed by atoms with Gasteiger partial charge in [-0.25, -0.2) is 0 Å². The van der Waals surface area contributed by atoms with E-state index in [0.29, 0.717) is 18.0 Å². The first kappa shape index (κ1) is 15.3. The van der Waals surface area contributed by atoms with Crippen molar-refractivity contribution in [3.05, 3.63) is 16.4 Å². The Morgan fingerprint density at radius 2 is 2.30 bits per heavy atom. The number of rotatable bonds is 5. The van der Waals surface area contributed by atoms with Gasteiger partial charge in [-0.1, -0.05) is 18.0 Å². The van der Waals surface area contributed by atoms with Gasteiger partial charge in [0.05, 0.1) is 16.4 Å². The molecule has 1 aromatic heterocycles. The molecule has 2 atom stereocenters. The first-order valence-corrected chi connectivity index (χ1v) is 7.42. The molecule has 6 heteroatoms. The maximum atomic E-state index is 11.6. The van der Waals surface area contributed by atoms with E-state index in [1.165, 1.54) is 0 Å². The number of carboxylic acids is 1. The molecule has 1 aliphatic carbocycles. The van der Waals surface area contributed by atoms with E-state index in [-0.39, 0.29) is 5.92 Å². The molecule has 1 heterocycles. The standard InChI is InChI=1S/C14H22ClN3O2/c1-9-12(15)10(2)18(17-9)8-6-11-5-4-7-14(11,16-3)13(19)20/h11,16H,4-8H2,1-3H3,(H,19,20). The number of likely N-dealkylation sites (N-methyl/N-ethyl adjacent to an activating group) is 1. The number of aliphatic carboxylic acids is 1. The Bertz CT molecular complexity index is 515. The van der Waals surface area contributed by atoms with Crippen LogP contribution < -0.4 is 5.32 Å². The predicted molar refractivity (Wildman–Crippen MR) is 78.1 cm³/mol. The van der Waals surface area contributed by atoms with Crippen LogP contribution in [0, 0.1) is 19.8 Å². The highest BCUT2D eigenvalue weighted by molar-refractivity contribution is 6.31. The van der Waals surface area contributed by atoms with Crippen molar-refractivity contribution >= 4 is 17.6 Å². The minimum atomic E-state index is -0.778. The highest BCUT2D eigenvalue weighted by Gasteiger charge is 2.47. The zero-order chi connectivity index (χ0) is 14.9. The Kier molecular flexibility index (Phi) is 4.39. The van der Waals surface area contributed by atoms with Crippen LogP contribution in [0.4, 0.5) is 0 Å². The number of nitrogens with zero attached hydrogens (tertiary/aromatic N) is 2. The molecule has 1 aromatic rings. The molecule has 0 bridgehead atoms. The minimum Gasteiger partial charge on any atom is -0.480 e. The van der Waals surface area contributed by atoms with Gasteiger partial charge in [0, 0.05) is 6.54 Å². The lowest BCUT2D eigenvalue weighted by molar-refractivity contribution is -0.146. The molecule has 0 spiro atoms. The van der Waals surface area contributed by atoms with E-state index in [2.05, 4.69) is 10.4 Å². The van der Waals surface area contributed by atoms with Crippen LogP contribution in [0.3, 0.4) is 0 Å². The maximum absolute atomic E-state index is 11.6. The lowest BCUT2D eigenvalue weighted by Crippen LogP contribution is -2.53. The Labute approximate surface area is 124 Å². The second-order valence-electron chi connectivity index (χ2n) is 5.61. The van der Waals surface area contributed by atoms with Gasteiger partial charge in [-0.2, -0.15) is 5.10 Å². The monoisotopic (exact) mass is 299 g/mol. The second kappa shape index (κ2) is 5.74. The Balaban J connectivity index is 2.10. The van der Waals surface area contributed by atoms with Crippen molar-refractivity contribution in [1.82, 2.24) is 15.1 Å². The summed E-state index contributed by atoms with van der Waals surface area (Å²) in [7, 11) is 1.74. The van der Waals surface area contributed by atoms with Gasteiger partial charge in [0.1, 0.15) is 5.54 Å². The van der Waals surface area contributed by atoms with Crippen molar-refractivity contribution in [3.8, 4) is 0 Å². The highest BCUT2D eigenvalue weighted by Crippen LogP contribution is 2.38. The molecule has 0 aliphatic heterocycles. The number of halogens is 1. The first-order chi connectivity index (χ1) is 9.42. The first-order valence-electron chi connectivity index (χ1n) is 7.04. The van der Waals surface area contributed by atoms with Crippen LogP contribution in [0.2, 0.25) is 5.02 Å². The lowest BCUT2D eigenvalue weighted by atomic mass is 9.85. The Morgan fingerprint density at radius 3 is 2.80 bits per heavy atom. The van der Waals surface area contributed by atoms with Crippen molar-refractivity contribution in [2.75, 3.05) is 7.05 Å². The lowest BCUT2D eigenvalue weighted by Gasteiger charge is -2.31. The van der Waals surface area contributed by atoms with Gasteiger partial charge in [0.2, 0.25) is 0 Å². The van der Waals surface area contributed by atoms with Gasteiger partial charge in [0.15, 0.2) is 0 Å². The molecule has 0 radical (unpaired) electrons. The van der Waals surface area contributed by atoms with E-state index in [0.717, 1.165) is 30.7 Å². The van der Waals surface area contributed by atoms with Gasteiger partial charge in [-0.05, 0) is 46.1 Å². The largest absolute Gasteiger partial charge is 0.480 e. The van der Waals surface area contributed by atoms with E-state index in [1.54, 1.807) is 7.05 Å². The molecule has 1 saturated carbocycles. The number of aryl methyl sites for hydroxylation is 2. The summed E-state index contributed by atoms with van der Waals surface area (Å²) in [5.74, 6) is -0.610. The molecular formula is C14H22ClN3O2. The molecular weight excluding hydrogens is 278 g/mol. The maximum Gasteiger partial charge on any atom is 0.324 e. The fraction of sp³-hybridized carbons (Fsp3) is 0.714. The van der Waals surface area contributed by atoms with E-state index in [9.17, 15) is 9.90 Å². The third kappa shape index (κ3) is 2.44. The number of carboxylic acid groups (broad SMARTS) is 1. The predicted octanol–water partition coefficient (Wildman–Crippen LogP) is 2.39. The molecule has 2 unspecified atom stereocenters. The smallest absolute Gasteiger partial charge is 0.324 e. The van der Waals surface area contributed by atoms with Crippen LogP contribution in [0.5, 0.6) is 0 Å². The van der Waals surface area contributed by atoms with E-state index < -0.39 is 11.5 Å². The number of carbonyl (C=O) groups is 1. The van der Waals surface area contributed by atoms with Crippen LogP contribution in [0.1, 0.15) is 37.1 Å². The summed E-state index contributed by atoms with van der Waals surface area (Å²) < 4.78 is 1.89. The summed E-state index contributed by atoms with van der Waals surface area (Å²) in [6, 6.07) is 0. The Morgan fingerprint density at radius 1 is 1.60 bits per heavy atom. The molecule has 0 saturated heterocycles. The summed E-state index contributed by atoms with van der Waals surface area (Å²) in [5, 5.41) is 17.7. The minimum absolute atomic E-state index is 0.132.